The first kappa shape index (κ1) is 19.9. The molecule has 0 atom stereocenters. The number of amides is 3. The van der Waals surface area contributed by atoms with Crippen LogP contribution in [0.1, 0.15) is 23.2 Å². The molecule has 1 fully saturated rings. The maximum Gasteiger partial charge on any atom is 0.265 e. The quantitative estimate of drug-likeness (QED) is 0.786. The summed E-state index contributed by atoms with van der Waals surface area (Å²) in [5.41, 5.74) is 1.18. The molecule has 2 aliphatic rings. The van der Waals surface area contributed by atoms with Crippen molar-refractivity contribution in [2.45, 2.75) is 12.8 Å². The second kappa shape index (κ2) is 8.56. The van der Waals surface area contributed by atoms with E-state index in [9.17, 15) is 14.4 Å². The highest BCUT2D eigenvalue weighted by Gasteiger charge is 2.30. The molecule has 2 aliphatic heterocycles. The van der Waals surface area contributed by atoms with Gasteiger partial charge in [-0.15, -0.1) is 0 Å². The average Bonchev–Trinajstić information content (AvgIpc) is 3.21. The van der Waals surface area contributed by atoms with E-state index in [0.29, 0.717) is 42.6 Å². The van der Waals surface area contributed by atoms with Gasteiger partial charge in [-0.05, 0) is 30.9 Å². The van der Waals surface area contributed by atoms with E-state index < -0.39 is 0 Å². The summed E-state index contributed by atoms with van der Waals surface area (Å²) in [6, 6.07) is 7.25. The Morgan fingerprint density at radius 3 is 2.73 bits per heavy atom. The zero-order chi connectivity index (χ0) is 21.1. The van der Waals surface area contributed by atoms with Crippen molar-refractivity contribution >= 4 is 23.4 Å². The Kier molecular flexibility index (Phi) is 5.69. The topological polar surface area (TPSA) is 96.8 Å². The number of nitrogens with zero attached hydrogens (tertiary/aromatic N) is 4. The molecule has 1 aromatic heterocycles. The number of carbonyl (C=O) groups excluding carboxylic acids is 3. The molecule has 30 heavy (non-hydrogen) atoms. The van der Waals surface area contributed by atoms with E-state index in [4.69, 9.17) is 4.74 Å². The van der Waals surface area contributed by atoms with Crippen molar-refractivity contribution in [2.24, 2.45) is 13.0 Å². The van der Waals surface area contributed by atoms with Crippen molar-refractivity contribution in [3.05, 3.63) is 42.2 Å². The van der Waals surface area contributed by atoms with Crippen LogP contribution in [-0.2, 0) is 16.6 Å². The largest absolute Gasteiger partial charge is 0.482 e. The van der Waals surface area contributed by atoms with Gasteiger partial charge in [0, 0.05) is 32.9 Å². The van der Waals surface area contributed by atoms with Gasteiger partial charge >= 0.3 is 0 Å². The molecular weight excluding hydrogens is 386 g/mol. The summed E-state index contributed by atoms with van der Waals surface area (Å²) in [6.45, 7) is 1.77. The lowest BCUT2D eigenvalue weighted by Crippen LogP contribution is -2.49. The highest BCUT2D eigenvalue weighted by atomic mass is 16.5. The molecule has 3 amide bonds. The maximum absolute atomic E-state index is 12.8. The second-order valence-corrected chi connectivity index (χ2v) is 7.67. The van der Waals surface area contributed by atoms with Gasteiger partial charge in [0.1, 0.15) is 12.3 Å². The molecule has 0 spiro atoms. The molecule has 1 N–H and O–H groups in total. The number of aromatic nitrogens is 2. The third-order valence-electron chi connectivity index (χ3n) is 5.59. The average molecular weight is 411 g/mol. The smallest absolute Gasteiger partial charge is 0.265 e. The van der Waals surface area contributed by atoms with Gasteiger partial charge in [0.15, 0.2) is 6.61 Å². The van der Waals surface area contributed by atoms with Crippen molar-refractivity contribution < 1.29 is 19.1 Å². The highest BCUT2D eigenvalue weighted by Crippen LogP contribution is 2.31. The molecular formula is C21H25N5O4. The fourth-order valence-electron chi connectivity index (χ4n) is 3.83. The van der Waals surface area contributed by atoms with Crippen LogP contribution in [0, 0.1) is 5.92 Å². The number of hydrogen-bond donors (Lipinski definition) is 1. The fourth-order valence-corrected chi connectivity index (χ4v) is 3.83. The van der Waals surface area contributed by atoms with Crippen LogP contribution in [0.15, 0.2) is 36.7 Å². The van der Waals surface area contributed by atoms with Crippen LogP contribution in [0.3, 0.4) is 0 Å². The number of hydrogen-bond acceptors (Lipinski definition) is 5. The number of carbonyl (C=O) groups is 3. The molecule has 0 unspecified atom stereocenters. The first-order valence-electron chi connectivity index (χ1n) is 10.1. The number of piperidine rings is 1. The Bertz CT molecular complexity index is 948. The minimum atomic E-state index is -0.213. The van der Waals surface area contributed by atoms with E-state index in [1.54, 1.807) is 41.2 Å². The van der Waals surface area contributed by atoms with E-state index >= 15 is 0 Å². The molecule has 0 saturated carbocycles. The molecule has 2 aromatic rings. The van der Waals surface area contributed by atoms with Crippen LogP contribution in [0.25, 0.3) is 0 Å². The van der Waals surface area contributed by atoms with Crippen molar-refractivity contribution in [1.82, 2.24) is 20.0 Å². The molecule has 158 valence electrons. The number of nitrogens with one attached hydrogen (secondary N) is 1. The number of rotatable bonds is 5. The monoisotopic (exact) mass is 411 g/mol. The number of fused-ring (bicyclic) bond motifs is 1. The van der Waals surface area contributed by atoms with Crippen LogP contribution < -0.4 is 15.0 Å². The number of anilines is 1. The Morgan fingerprint density at radius 1 is 1.23 bits per heavy atom. The summed E-state index contributed by atoms with van der Waals surface area (Å²) in [6.07, 6.45) is 4.85. The number of benzene rings is 1. The van der Waals surface area contributed by atoms with E-state index in [1.807, 2.05) is 12.1 Å². The van der Waals surface area contributed by atoms with E-state index in [1.165, 1.54) is 4.90 Å². The lowest BCUT2D eigenvalue weighted by Gasteiger charge is -2.35. The Hall–Kier alpha value is -3.36. The van der Waals surface area contributed by atoms with Gasteiger partial charge in [-0.25, -0.2) is 0 Å². The summed E-state index contributed by atoms with van der Waals surface area (Å²) in [7, 11) is 1.77. The van der Waals surface area contributed by atoms with E-state index in [2.05, 4.69) is 10.4 Å². The molecule has 3 heterocycles. The number of likely N-dealkylation sites (tertiary alicyclic amines) is 1. The van der Waals surface area contributed by atoms with Gasteiger partial charge in [-0.2, -0.15) is 5.10 Å². The third-order valence-corrected chi connectivity index (χ3v) is 5.59. The lowest BCUT2D eigenvalue weighted by molar-refractivity contribution is -0.133. The van der Waals surface area contributed by atoms with Crippen LogP contribution in [0.5, 0.6) is 5.75 Å². The number of ether oxygens (including phenoxy) is 1. The molecule has 4 rings (SSSR count). The van der Waals surface area contributed by atoms with Gasteiger partial charge in [0.2, 0.25) is 5.91 Å². The summed E-state index contributed by atoms with van der Waals surface area (Å²) >= 11 is 0. The van der Waals surface area contributed by atoms with Gasteiger partial charge in [-0.3, -0.25) is 24.0 Å². The predicted octanol–water partition coefficient (Wildman–Crippen LogP) is 0.814. The van der Waals surface area contributed by atoms with Crippen LogP contribution in [-0.4, -0.2) is 65.2 Å². The minimum absolute atomic E-state index is 0.0155. The number of para-hydroxylation sites is 2. The molecule has 0 bridgehead atoms. The van der Waals surface area contributed by atoms with Gasteiger partial charge in [0.25, 0.3) is 11.8 Å². The van der Waals surface area contributed by atoms with Crippen molar-refractivity contribution in [3.63, 3.8) is 0 Å². The predicted molar refractivity (Wildman–Crippen MR) is 109 cm³/mol. The first-order valence-corrected chi connectivity index (χ1v) is 10.1. The normalized spacial score (nSPS) is 16.8. The molecule has 1 saturated heterocycles. The van der Waals surface area contributed by atoms with Gasteiger partial charge in [-0.1, -0.05) is 12.1 Å². The molecule has 1 aromatic carbocycles. The summed E-state index contributed by atoms with van der Waals surface area (Å²) < 4.78 is 7.02. The number of aryl methyl sites for hydroxylation is 1. The Morgan fingerprint density at radius 2 is 2.00 bits per heavy atom. The lowest BCUT2D eigenvalue weighted by atomic mass is 9.96. The SMILES string of the molecule is Cn1cc(C(=O)NCC2CCN(C(=O)CN3C(=O)COc4ccccc43)CC2)cn1. The summed E-state index contributed by atoms with van der Waals surface area (Å²) in [5, 5.41) is 6.95. The Labute approximate surface area is 174 Å². The molecule has 9 nitrogen and oxygen atoms in total. The van der Waals surface area contributed by atoms with Crippen LogP contribution in [0.2, 0.25) is 0 Å². The van der Waals surface area contributed by atoms with Crippen molar-refractivity contribution in [1.29, 1.82) is 0 Å². The van der Waals surface area contributed by atoms with E-state index in [0.717, 1.165) is 12.8 Å². The zero-order valence-corrected chi connectivity index (χ0v) is 16.9. The van der Waals surface area contributed by atoms with Crippen LogP contribution >= 0.6 is 0 Å². The maximum atomic E-state index is 12.8. The molecule has 9 heteroatoms. The third kappa shape index (κ3) is 4.29. The van der Waals surface area contributed by atoms with Crippen molar-refractivity contribution in [2.75, 3.05) is 37.7 Å². The van der Waals surface area contributed by atoms with Crippen LogP contribution in [0.4, 0.5) is 5.69 Å². The van der Waals surface area contributed by atoms with Crippen molar-refractivity contribution in [3.8, 4) is 5.75 Å². The zero-order valence-electron chi connectivity index (χ0n) is 16.9. The second-order valence-electron chi connectivity index (χ2n) is 7.67. The van der Waals surface area contributed by atoms with Gasteiger partial charge < -0.3 is 15.0 Å². The fraction of sp³-hybridized carbons (Fsp3) is 0.429. The summed E-state index contributed by atoms with van der Waals surface area (Å²) in [5.74, 6) is 0.521. The molecule has 0 radical (unpaired) electrons. The van der Waals surface area contributed by atoms with Gasteiger partial charge in [0.05, 0.1) is 17.4 Å². The highest BCUT2D eigenvalue weighted by molar-refractivity contribution is 6.02. The first-order chi connectivity index (χ1) is 14.5. The summed E-state index contributed by atoms with van der Waals surface area (Å²) in [4.78, 5) is 40.5. The van der Waals surface area contributed by atoms with E-state index in [-0.39, 0.29) is 30.9 Å². The Balaban J connectivity index is 1.27. The standard InChI is InChI=1S/C21H25N5O4/c1-24-12-16(11-23-24)21(29)22-10-15-6-8-25(9-7-15)19(27)13-26-17-4-2-3-5-18(17)30-14-20(26)28/h2-5,11-12,15H,6-10,13-14H2,1H3,(H,22,29). The minimum Gasteiger partial charge on any atom is -0.482 e. The molecule has 0 aliphatic carbocycles.